The Morgan fingerprint density at radius 2 is 2.09 bits per heavy atom. The van der Waals surface area contributed by atoms with Crippen molar-refractivity contribution in [3.05, 3.63) is 22.7 Å². The first-order valence-electron chi connectivity index (χ1n) is 7.88. The van der Waals surface area contributed by atoms with E-state index < -0.39 is 0 Å². The van der Waals surface area contributed by atoms with E-state index in [-0.39, 0.29) is 11.9 Å². The number of hydrogen-bond donors (Lipinski definition) is 1. The van der Waals surface area contributed by atoms with E-state index in [0.29, 0.717) is 34.6 Å². The number of hydrogen-bond acceptors (Lipinski definition) is 3. The smallest absolute Gasteiger partial charge is 0.251 e. The van der Waals surface area contributed by atoms with Crippen LogP contribution in [0.4, 0.5) is 0 Å². The lowest BCUT2D eigenvalue weighted by molar-refractivity contribution is 0.0910. The third-order valence-corrected chi connectivity index (χ3v) is 4.49. The summed E-state index contributed by atoms with van der Waals surface area (Å²) in [7, 11) is 1.54. The highest BCUT2D eigenvalue weighted by Crippen LogP contribution is 2.36. The van der Waals surface area contributed by atoms with E-state index in [4.69, 9.17) is 21.1 Å². The van der Waals surface area contributed by atoms with E-state index in [9.17, 15) is 4.79 Å². The molecule has 1 aromatic rings. The average molecular weight is 326 g/mol. The number of carbonyl (C=O) groups is 1. The molecule has 1 N–H and O–H groups in total. The van der Waals surface area contributed by atoms with E-state index in [2.05, 4.69) is 12.2 Å². The molecule has 4 nitrogen and oxygen atoms in total. The highest BCUT2D eigenvalue weighted by molar-refractivity contribution is 6.32. The maximum atomic E-state index is 12.5. The fourth-order valence-corrected chi connectivity index (χ4v) is 3.18. The normalized spacial score (nSPS) is 21.3. The van der Waals surface area contributed by atoms with Crippen LogP contribution in [0.3, 0.4) is 0 Å². The molecule has 0 spiro atoms. The van der Waals surface area contributed by atoms with Crippen LogP contribution in [0.2, 0.25) is 5.02 Å². The predicted molar refractivity (Wildman–Crippen MR) is 88.1 cm³/mol. The standard InChI is InChI=1S/C17H24ClNO3/c1-4-22-16-13(18)9-12(10-15(16)21-3)17(20)19-14-8-6-5-7-11(14)2/h9-11,14H,4-8H2,1-3H3,(H,19,20)/t11-,14-/m0/s1. The molecular weight excluding hydrogens is 302 g/mol. The van der Waals surface area contributed by atoms with E-state index in [1.54, 1.807) is 19.2 Å². The average Bonchev–Trinajstić information content (AvgIpc) is 2.51. The molecule has 1 fully saturated rings. The summed E-state index contributed by atoms with van der Waals surface area (Å²) in [5.74, 6) is 1.37. The summed E-state index contributed by atoms with van der Waals surface area (Å²) in [6.45, 7) is 4.55. The molecule has 122 valence electrons. The molecule has 2 atom stereocenters. The lowest BCUT2D eigenvalue weighted by Gasteiger charge is -2.29. The summed E-state index contributed by atoms with van der Waals surface area (Å²) in [6.07, 6.45) is 4.62. The van der Waals surface area contributed by atoms with Gasteiger partial charge in [-0.2, -0.15) is 0 Å². The highest BCUT2D eigenvalue weighted by atomic mass is 35.5. The van der Waals surface area contributed by atoms with Crippen molar-refractivity contribution in [3.63, 3.8) is 0 Å². The third-order valence-electron chi connectivity index (χ3n) is 4.21. The van der Waals surface area contributed by atoms with Gasteiger partial charge >= 0.3 is 0 Å². The summed E-state index contributed by atoms with van der Waals surface area (Å²) < 4.78 is 10.8. The van der Waals surface area contributed by atoms with Crippen LogP contribution in [0.15, 0.2) is 12.1 Å². The minimum atomic E-state index is -0.109. The van der Waals surface area contributed by atoms with E-state index in [1.807, 2.05) is 6.92 Å². The molecule has 0 aromatic heterocycles. The minimum absolute atomic E-state index is 0.109. The van der Waals surface area contributed by atoms with Crippen LogP contribution in [-0.4, -0.2) is 25.7 Å². The van der Waals surface area contributed by atoms with Crippen molar-refractivity contribution in [2.45, 2.75) is 45.6 Å². The lowest BCUT2D eigenvalue weighted by atomic mass is 9.86. The number of carbonyl (C=O) groups excluding carboxylic acids is 1. The van der Waals surface area contributed by atoms with Crippen LogP contribution >= 0.6 is 11.6 Å². The second-order valence-electron chi connectivity index (χ2n) is 5.76. The van der Waals surface area contributed by atoms with Gasteiger partial charge in [-0.1, -0.05) is 31.4 Å². The lowest BCUT2D eigenvalue weighted by Crippen LogP contribution is -2.41. The fourth-order valence-electron chi connectivity index (χ4n) is 2.92. The number of benzene rings is 1. The van der Waals surface area contributed by atoms with Gasteiger partial charge < -0.3 is 14.8 Å². The highest BCUT2D eigenvalue weighted by Gasteiger charge is 2.24. The van der Waals surface area contributed by atoms with Gasteiger partial charge in [0.25, 0.3) is 5.91 Å². The van der Waals surface area contributed by atoms with Gasteiger partial charge in [-0.05, 0) is 37.8 Å². The van der Waals surface area contributed by atoms with Gasteiger partial charge in [-0.3, -0.25) is 4.79 Å². The van der Waals surface area contributed by atoms with Gasteiger partial charge in [-0.15, -0.1) is 0 Å². The molecule has 1 amide bonds. The van der Waals surface area contributed by atoms with Gasteiger partial charge in [0.15, 0.2) is 11.5 Å². The summed E-state index contributed by atoms with van der Waals surface area (Å²) in [5.41, 5.74) is 0.503. The van der Waals surface area contributed by atoms with Crippen LogP contribution < -0.4 is 14.8 Å². The first-order valence-corrected chi connectivity index (χ1v) is 8.25. The van der Waals surface area contributed by atoms with Gasteiger partial charge in [0, 0.05) is 11.6 Å². The molecule has 2 rings (SSSR count). The number of ether oxygens (including phenoxy) is 2. The molecule has 0 unspecified atom stereocenters. The Balaban J connectivity index is 2.17. The van der Waals surface area contributed by atoms with E-state index >= 15 is 0 Å². The molecule has 0 heterocycles. The van der Waals surface area contributed by atoms with Crippen molar-refractivity contribution in [2.24, 2.45) is 5.92 Å². The molecule has 5 heteroatoms. The van der Waals surface area contributed by atoms with Crippen molar-refractivity contribution < 1.29 is 14.3 Å². The maximum absolute atomic E-state index is 12.5. The fraction of sp³-hybridized carbons (Fsp3) is 0.588. The molecule has 0 radical (unpaired) electrons. The summed E-state index contributed by atoms with van der Waals surface area (Å²) in [5, 5.41) is 3.51. The van der Waals surface area contributed by atoms with Crippen molar-refractivity contribution in [1.29, 1.82) is 0 Å². The van der Waals surface area contributed by atoms with Gasteiger partial charge in [0.2, 0.25) is 0 Å². The zero-order valence-corrected chi connectivity index (χ0v) is 14.2. The number of nitrogens with one attached hydrogen (secondary N) is 1. The molecule has 1 aliphatic rings. The predicted octanol–water partition coefficient (Wildman–Crippen LogP) is 4.06. The van der Waals surface area contributed by atoms with Crippen LogP contribution in [0.5, 0.6) is 11.5 Å². The quantitative estimate of drug-likeness (QED) is 0.888. The summed E-state index contributed by atoms with van der Waals surface area (Å²) >= 11 is 6.22. The van der Waals surface area contributed by atoms with Gasteiger partial charge in [-0.25, -0.2) is 0 Å². The molecule has 0 aliphatic heterocycles. The number of methoxy groups -OCH3 is 1. The SMILES string of the molecule is CCOc1c(Cl)cc(C(=O)N[C@H]2CCCC[C@@H]2C)cc1OC. The van der Waals surface area contributed by atoms with Crippen molar-refractivity contribution in [3.8, 4) is 11.5 Å². The van der Waals surface area contributed by atoms with Gasteiger partial charge in [0.1, 0.15) is 0 Å². The Morgan fingerprint density at radius 1 is 1.36 bits per heavy atom. The Morgan fingerprint density at radius 3 is 2.73 bits per heavy atom. The molecule has 22 heavy (non-hydrogen) atoms. The van der Waals surface area contributed by atoms with Gasteiger partial charge in [0.05, 0.1) is 18.7 Å². The molecular formula is C17H24ClNO3. The molecule has 0 saturated heterocycles. The second-order valence-corrected chi connectivity index (χ2v) is 6.17. The molecule has 1 aromatic carbocycles. The van der Waals surface area contributed by atoms with Crippen LogP contribution in [-0.2, 0) is 0 Å². The summed E-state index contributed by atoms with van der Waals surface area (Å²) in [4.78, 5) is 12.5. The second kappa shape index (κ2) is 7.73. The largest absolute Gasteiger partial charge is 0.493 e. The minimum Gasteiger partial charge on any atom is -0.493 e. The summed E-state index contributed by atoms with van der Waals surface area (Å²) in [6, 6.07) is 3.55. The number of halogens is 1. The third kappa shape index (κ3) is 3.86. The Hall–Kier alpha value is -1.42. The first kappa shape index (κ1) is 16.9. The first-order chi connectivity index (χ1) is 10.6. The van der Waals surface area contributed by atoms with Crippen molar-refractivity contribution >= 4 is 17.5 Å². The number of amides is 1. The van der Waals surface area contributed by atoms with E-state index in [1.165, 1.54) is 12.8 Å². The van der Waals surface area contributed by atoms with Crippen molar-refractivity contribution in [1.82, 2.24) is 5.32 Å². The number of rotatable bonds is 5. The Kier molecular flexibility index (Phi) is 5.95. The van der Waals surface area contributed by atoms with Crippen LogP contribution in [0, 0.1) is 5.92 Å². The molecule has 1 saturated carbocycles. The van der Waals surface area contributed by atoms with Crippen molar-refractivity contribution in [2.75, 3.05) is 13.7 Å². The van der Waals surface area contributed by atoms with E-state index in [0.717, 1.165) is 12.8 Å². The molecule has 1 aliphatic carbocycles. The Bertz CT molecular complexity index is 533. The zero-order chi connectivity index (χ0) is 16.1. The molecule has 0 bridgehead atoms. The maximum Gasteiger partial charge on any atom is 0.251 e. The monoisotopic (exact) mass is 325 g/mol. The topological polar surface area (TPSA) is 47.6 Å². The zero-order valence-electron chi connectivity index (χ0n) is 13.4. The van der Waals surface area contributed by atoms with Crippen LogP contribution in [0.25, 0.3) is 0 Å². The van der Waals surface area contributed by atoms with Crippen LogP contribution in [0.1, 0.15) is 49.9 Å². The Labute approximate surface area is 137 Å².